The standard InChI is InChI=1S/C57H34N4OS/c1-4-16-35(17-5-1)38-22-14-23-39(32-38)41-26-15-27-46-47-33-40(61-49-28-12-10-24-42(49)44-30-31-45-43-25-11-13-29-50(43)62-52(45)51(44)61)34-48(54(47)63-53(41)46)57-59-55(36-18-6-2-7-19-36)58-56(60-57)37-20-8-3-9-21-37/h1-34H/i2D,6D,7D,18D,19D. The van der Waals surface area contributed by atoms with Crippen LogP contribution >= 0.6 is 11.3 Å². The van der Waals surface area contributed by atoms with E-state index >= 15 is 0 Å². The van der Waals surface area contributed by atoms with Crippen LogP contribution in [0.4, 0.5) is 0 Å². The summed E-state index contributed by atoms with van der Waals surface area (Å²) in [7, 11) is 0. The maximum atomic E-state index is 9.01. The molecular formula is C57H34N4OS. The van der Waals surface area contributed by atoms with Gasteiger partial charge < -0.3 is 8.98 Å². The monoisotopic (exact) mass is 827 g/mol. The van der Waals surface area contributed by atoms with Crippen LogP contribution in [0.15, 0.2) is 211 Å². The van der Waals surface area contributed by atoms with E-state index < -0.39 is 30.2 Å². The number of rotatable bonds is 6. The molecule has 0 N–H and O–H groups in total. The van der Waals surface area contributed by atoms with Crippen molar-refractivity contribution in [1.29, 1.82) is 0 Å². The molecule has 13 rings (SSSR count). The van der Waals surface area contributed by atoms with Crippen molar-refractivity contribution in [2.24, 2.45) is 0 Å². The minimum Gasteiger partial charge on any atom is -0.454 e. The van der Waals surface area contributed by atoms with Crippen LogP contribution in [-0.4, -0.2) is 19.5 Å². The van der Waals surface area contributed by atoms with Gasteiger partial charge in [0.15, 0.2) is 23.1 Å². The van der Waals surface area contributed by atoms with Gasteiger partial charge in [-0.25, -0.2) is 15.0 Å². The largest absolute Gasteiger partial charge is 0.454 e. The molecule has 4 heterocycles. The minimum absolute atomic E-state index is 0.0234. The summed E-state index contributed by atoms with van der Waals surface area (Å²) >= 11 is 1.65. The number of nitrogens with zero attached hydrogens (tertiary/aromatic N) is 4. The first kappa shape index (κ1) is 30.8. The highest BCUT2D eigenvalue weighted by molar-refractivity contribution is 7.26. The Labute approximate surface area is 372 Å². The van der Waals surface area contributed by atoms with Gasteiger partial charge in [0.1, 0.15) is 5.58 Å². The van der Waals surface area contributed by atoms with E-state index in [9.17, 15) is 0 Å². The van der Waals surface area contributed by atoms with Gasteiger partial charge in [0.05, 0.1) is 17.9 Å². The highest BCUT2D eigenvalue weighted by Gasteiger charge is 2.24. The van der Waals surface area contributed by atoms with Crippen molar-refractivity contribution < 1.29 is 11.3 Å². The minimum atomic E-state index is -0.490. The van der Waals surface area contributed by atoms with Gasteiger partial charge in [0.25, 0.3) is 0 Å². The summed E-state index contributed by atoms with van der Waals surface area (Å²) in [6.07, 6.45) is 0. The predicted octanol–water partition coefficient (Wildman–Crippen LogP) is 15.6. The molecule has 13 aromatic rings. The Bertz CT molecular complexity index is 4190. The first-order valence-corrected chi connectivity index (χ1v) is 21.5. The zero-order valence-electron chi connectivity index (χ0n) is 38.3. The number of fused-ring (bicyclic) bond motifs is 10. The van der Waals surface area contributed by atoms with Crippen molar-refractivity contribution in [1.82, 2.24) is 19.5 Å². The molecule has 0 unspecified atom stereocenters. The van der Waals surface area contributed by atoms with Crippen LogP contribution in [0.1, 0.15) is 6.85 Å². The normalized spacial score (nSPS) is 12.9. The molecule has 0 aliphatic carbocycles. The predicted molar refractivity (Wildman–Crippen MR) is 262 cm³/mol. The fourth-order valence-electron chi connectivity index (χ4n) is 9.09. The van der Waals surface area contributed by atoms with Crippen LogP contribution in [0.25, 0.3) is 126 Å². The molecule has 0 saturated carbocycles. The maximum Gasteiger partial charge on any atom is 0.165 e. The second-order valence-electron chi connectivity index (χ2n) is 15.6. The first-order valence-electron chi connectivity index (χ1n) is 23.2. The molecule has 0 spiro atoms. The fourth-order valence-corrected chi connectivity index (χ4v) is 10.4. The number of hydrogen-bond donors (Lipinski definition) is 0. The molecule has 0 bridgehead atoms. The van der Waals surface area contributed by atoms with E-state index in [-0.39, 0.29) is 11.4 Å². The summed E-state index contributed by atoms with van der Waals surface area (Å²) in [5.74, 6) is 0.572. The van der Waals surface area contributed by atoms with Crippen LogP contribution < -0.4 is 0 Å². The lowest BCUT2D eigenvalue weighted by atomic mass is 9.97. The molecule has 0 aliphatic heterocycles. The van der Waals surface area contributed by atoms with Crippen molar-refractivity contribution in [2.75, 3.05) is 0 Å². The Balaban J connectivity index is 1.16. The summed E-state index contributed by atoms with van der Waals surface area (Å²) in [6.45, 7) is 0. The van der Waals surface area contributed by atoms with Crippen molar-refractivity contribution in [2.45, 2.75) is 0 Å². The fraction of sp³-hybridized carbons (Fsp3) is 0. The van der Waals surface area contributed by atoms with Crippen LogP contribution in [-0.2, 0) is 0 Å². The number of para-hydroxylation sites is 2. The van der Waals surface area contributed by atoms with Gasteiger partial charge in [-0.1, -0.05) is 170 Å². The summed E-state index contributed by atoms with van der Waals surface area (Å²) in [5, 5.41) is 6.18. The summed E-state index contributed by atoms with van der Waals surface area (Å²) in [4.78, 5) is 15.1. The average molecular weight is 828 g/mol. The molecule has 6 heteroatoms. The highest BCUT2D eigenvalue weighted by Crippen LogP contribution is 2.47. The summed E-state index contributed by atoms with van der Waals surface area (Å²) in [5.41, 5.74) is 10.0. The molecule has 294 valence electrons. The van der Waals surface area contributed by atoms with E-state index in [1.54, 1.807) is 11.3 Å². The van der Waals surface area contributed by atoms with Crippen molar-refractivity contribution in [3.8, 4) is 62.1 Å². The number of aromatic nitrogens is 4. The van der Waals surface area contributed by atoms with Crippen molar-refractivity contribution in [3.63, 3.8) is 0 Å². The van der Waals surface area contributed by atoms with Gasteiger partial charge in [-0.3, -0.25) is 0 Å². The molecule has 0 aliphatic rings. The van der Waals surface area contributed by atoms with E-state index in [1.807, 2.05) is 60.7 Å². The van der Waals surface area contributed by atoms with Crippen LogP contribution in [0.5, 0.6) is 0 Å². The van der Waals surface area contributed by atoms with E-state index in [0.717, 1.165) is 91.9 Å². The third-order valence-electron chi connectivity index (χ3n) is 11.9. The molecule has 0 atom stereocenters. The molecule has 9 aromatic carbocycles. The van der Waals surface area contributed by atoms with Crippen LogP contribution in [0.3, 0.4) is 0 Å². The zero-order chi connectivity index (χ0) is 45.8. The SMILES string of the molecule is [2H]c1c([2H])c([2H])c(-c2nc(-c3ccccc3)nc(-c3cc(-n4c5ccccc5c5ccc6c7ccccc7oc6c54)cc4c3sc3c(-c5cccc(-c6ccccc6)c5)cccc34)n2)c([2H])c1[2H]. The molecule has 0 fully saturated rings. The number of thiophene rings is 1. The smallest absolute Gasteiger partial charge is 0.165 e. The quantitative estimate of drug-likeness (QED) is 0.168. The van der Waals surface area contributed by atoms with Crippen molar-refractivity contribution >= 4 is 75.3 Å². The van der Waals surface area contributed by atoms with Gasteiger partial charge in [0, 0.05) is 64.1 Å². The van der Waals surface area contributed by atoms with Gasteiger partial charge in [-0.05, 0) is 58.7 Å². The van der Waals surface area contributed by atoms with E-state index in [0.29, 0.717) is 22.8 Å². The van der Waals surface area contributed by atoms with Crippen LogP contribution in [0, 0.1) is 0 Å². The topological polar surface area (TPSA) is 56.7 Å². The summed E-state index contributed by atoms with van der Waals surface area (Å²) in [6, 6.07) is 57.9. The van der Waals surface area contributed by atoms with Gasteiger partial charge >= 0.3 is 0 Å². The van der Waals surface area contributed by atoms with Gasteiger partial charge in [-0.15, -0.1) is 11.3 Å². The van der Waals surface area contributed by atoms with Gasteiger partial charge in [-0.2, -0.15) is 0 Å². The Morgan fingerprint density at radius 2 is 1.06 bits per heavy atom. The average Bonchev–Trinajstić information content (AvgIpc) is 4.08. The maximum absolute atomic E-state index is 9.01. The Kier molecular flexibility index (Phi) is 6.94. The first-order chi connectivity index (χ1) is 33.3. The lowest BCUT2D eigenvalue weighted by Crippen LogP contribution is -2.01. The Hall–Kier alpha value is -8.19. The third-order valence-corrected chi connectivity index (χ3v) is 13.2. The highest BCUT2D eigenvalue weighted by atomic mass is 32.1. The number of benzene rings is 9. The Morgan fingerprint density at radius 1 is 0.429 bits per heavy atom. The van der Waals surface area contributed by atoms with E-state index in [2.05, 4.69) is 120 Å². The second-order valence-corrected chi connectivity index (χ2v) is 16.6. The Morgan fingerprint density at radius 3 is 1.90 bits per heavy atom. The second kappa shape index (κ2) is 14.2. The van der Waals surface area contributed by atoms with E-state index in [4.69, 9.17) is 26.2 Å². The van der Waals surface area contributed by atoms with Crippen LogP contribution in [0.2, 0.25) is 0 Å². The van der Waals surface area contributed by atoms with Gasteiger partial charge in [0.2, 0.25) is 0 Å². The molecule has 5 nitrogen and oxygen atoms in total. The number of furan rings is 1. The number of hydrogen-bond acceptors (Lipinski definition) is 5. The zero-order valence-corrected chi connectivity index (χ0v) is 34.2. The summed E-state index contributed by atoms with van der Waals surface area (Å²) < 4.78 is 54.6. The molecule has 0 amide bonds. The molecular weight excluding hydrogens is 789 g/mol. The molecule has 63 heavy (non-hydrogen) atoms. The molecule has 4 aromatic heterocycles. The molecule has 0 radical (unpaired) electrons. The molecule has 0 saturated heterocycles. The lowest BCUT2D eigenvalue weighted by Gasteiger charge is -2.13. The van der Waals surface area contributed by atoms with E-state index in [1.165, 1.54) is 0 Å². The lowest BCUT2D eigenvalue weighted by molar-refractivity contribution is 0.671. The third kappa shape index (κ3) is 5.73. The van der Waals surface area contributed by atoms with Crippen molar-refractivity contribution in [3.05, 3.63) is 206 Å².